The molecule has 0 saturated carbocycles. The van der Waals surface area contributed by atoms with Gasteiger partial charge in [-0.3, -0.25) is 4.79 Å². The Labute approximate surface area is 168 Å². The number of ether oxygens (including phenoxy) is 1. The summed E-state index contributed by atoms with van der Waals surface area (Å²) in [4.78, 5) is 11.0. The van der Waals surface area contributed by atoms with E-state index >= 15 is 0 Å². The summed E-state index contributed by atoms with van der Waals surface area (Å²) >= 11 is 2.10. The molecule has 0 aliphatic rings. The minimum atomic E-state index is -0.0719. The maximum atomic E-state index is 11.0. The number of esters is 1. The lowest BCUT2D eigenvalue weighted by Gasteiger charge is -2.05. The third kappa shape index (κ3) is 21.9. The first-order valence-electron chi connectivity index (χ1n) is 11.2. The summed E-state index contributed by atoms with van der Waals surface area (Å²) in [6.07, 6.45) is 23.0. The van der Waals surface area contributed by atoms with E-state index in [-0.39, 0.29) is 5.97 Å². The Morgan fingerprint density at radius 3 is 1.73 bits per heavy atom. The molecule has 0 aliphatic heterocycles. The van der Waals surface area contributed by atoms with Crippen LogP contribution >= 0.6 is 11.8 Å². The Bertz CT molecular complexity index is 292. The van der Waals surface area contributed by atoms with Crippen molar-refractivity contribution in [3.63, 3.8) is 0 Å². The molecule has 0 spiro atoms. The van der Waals surface area contributed by atoms with Crippen molar-refractivity contribution in [2.45, 2.75) is 122 Å². The molecule has 0 amide bonds. The summed E-state index contributed by atoms with van der Waals surface area (Å²) in [7, 11) is 1.46. The lowest BCUT2D eigenvalue weighted by Crippen LogP contribution is -1.99. The largest absolute Gasteiger partial charge is 0.469 e. The first-order valence-corrected chi connectivity index (χ1v) is 12.2. The van der Waals surface area contributed by atoms with E-state index in [1.165, 1.54) is 96.3 Å². The molecule has 26 heavy (non-hydrogen) atoms. The molecule has 0 aromatic rings. The predicted octanol–water partition coefficient (Wildman–Crippen LogP) is 7.75. The fraction of sp³-hybridized carbons (Fsp3) is 0.913. The van der Waals surface area contributed by atoms with Gasteiger partial charge in [0.25, 0.3) is 0 Å². The van der Waals surface area contributed by atoms with Crippen LogP contribution in [0.5, 0.6) is 0 Å². The van der Waals surface area contributed by atoms with Crippen molar-refractivity contribution in [1.82, 2.24) is 0 Å². The van der Waals surface area contributed by atoms with Gasteiger partial charge in [0.05, 0.1) is 7.11 Å². The molecule has 0 N–H and O–H groups in total. The Balaban J connectivity index is 3.02. The lowest BCUT2D eigenvalue weighted by atomic mass is 10.0. The van der Waals surface area contributed by atoms with Crippen LogP contribution in [-0.2, 0) is 9.53 Å². The summed E-state index contributed by atoms with van der Waals surface area (Å²) < 4.78 is 4.64. The fourth-order valence-corrected chi connectivity index (χ4v) is 3.95. The molecule has 1 radical (unpaired) electrons. The van der Waals surface area contributed by atoms with Gasteiger partial charge >= 0.3 is 5.97 Å². The number of thioether (sulfide) groups is 1. The lowest BCUT2D eigenvalue weighted by molar-refractivity contribution is -0.140. The molecular formula is C23H45O2S. The maximum Gasteiger partial charge on any atom is 0.305 e. The quantitative estimate of drug-likeness (QED) is 0.158. The molecule has 0 aromatic carbocycles. The van der Waals surface area contributed by atoms with Gasteiger partial charge in [-0.05, 0) is 30.3 Å². The van der Waals surface area contributed by atoms with E-state index in [0.717, 1.165) is 18.1 Å². The zero-order valence-electron chi connectivity index (χ0n) is 17.9. The van der Waals surface area contributed by atoms with Crippen LogP contribution in [0.3, 0.4) is 0 Å². The van der Waals surface area contributed by atoms with E-state index in [9.17, 15) is 4.79 Å². The highest BCUT2D eigenvalue weighted by Gasteiger charge is 1.99. The molecule has 0 saturated heterocycles. The molecule has 2 nitrogen and oxygen atoms in total. The molecule has 0 fully saturated rings. The van der Waals surface area contributed by atoms with Gasteiger partial charge < -0.3 is 4.74 Å². The van der Waals surface area contributed by atoms with Crippen molar-refractivity contribution in [1.29, 1.82) is 0 Å². The number of rotatable bonds is 20. The van der Waals surface area contributed by atoms with Crippen molar-refractivity contribution in [3.8, 4) is 0 Å². The summed E-state index contributed by atoms with van der Waals surface area (Å²) in [5, 5.41) is 0.797. The third-order valence-electron chi connectivity index (χ3n) is 4.77. The average Bonchev–Trinajstić information content (AvgIpc) is 2.63. The van der Waals surface area contributed by atoms with E-state index in [2.05, 4.69) is 36.8 Å². The molecule has 0 atom stereocenters. The maximum absolute atomic E-state index is 11.0. The molecule has 3 heteroatoms. The van der Waals surface area contributed by atoms with E-state index in [0.29, 0.717) is 6.42 Å². The Morgan fingerprint density at radius 2 is 1.23 bits per heavy atom. The van der Waals surface area contributed by atoms with Crippen LogP contribution in [0.4, 0.5) is 0 Å². The molecule has 0 bridgehead atoms. The monoisotopic (exact) mass is 385 g/mol. The number of hydrogen-bond donors (Lipinski definition) is 0. The summed E-state index contributed by atoms with van der Waals surface area (Å²) in [6, 6.07) is 0. The first kappa shape index (κ1) is 25.8. The van der Waals surface area contributed by atoms with Crippen LogP contribution in [0.15, 0.2) is 0 Å². The van der Waals surface area contributed by atoms with Crippen LogP contribution in [0.1, 0.15) is 117 Å². The third-order valence-corrected chi connectivity index (χ3v) is 5.96. The second-order valence-corrected chi connectivity index (χ2v) is 9.39. The van der Waals surface area contributed by atoms with Gasteiger partial charge in [-0.15, -0.1) is 0 Å². The highest BCUT2D eigenvalue weighted by molar-refractivity contribution is 7.99. The fourth-order valence-electron chi connectivity index (χ4n) is 3.11. The van der Waals surface area contributed by atoms with Gasteiger partial charge in [0.1, 0.15) is 0 Å². The van der Waals surface area contributed by atoms with Crippen LogP contribution in [0.25, 0.3) is 0 Å². The van der Waals surface area contributed by atoms with E-state index in [4.69, 9.17) is 0 Å². The van der Waals surface area contributed by atoms with Crippen LogP contribution in [0.2, 0.25) is 0 Å². The molecule has 155 valence electrons. The van der Waals surface area contributed by atoms with Gasteiger partial charge in [-0.1, -0.05) is 97.3 Å². The standard InChI is InChI=1S/C23H45O2S/c1-22(2)26-21-19-17-15-13-11-9-7-5-4-6-8-10-12-14-16-18-20-23(24)25-3/h8,22H,4-7,9-21H2,1-3H3. The molecule has 0 aliphatic carbocycles. The van der Waals surface area contributed by atoms with E-state index in [1.54, 1.807) is 0 Å². The van der Waals surface area contributed by atoms with Crippen molar-refractivity contribution in [2.75, 3.05) is 12.9 Å². The number of hydrogen-bond acceptors (Lipinski definition) is 3. The van der Waals surface area contributed by atoms with Gasteiger partial charge in [-0.25, -0.2) is 0 Å². The molecule has 0 aromatic heterocycles. The van der Waals surface area contributed by atoms with Gasteiger partial charge in [-0.2, -0.15) is 11.8 Å². The molecule has 0 heterocycles. The minimum absolute atomic E-state index is 0.0719. The summed E-state index contributed by atoms with van der Waals surface area (Å²) in [5.41, 5.74) is 0. The Morgan fingerprint density at radius 1 is 0.769 bits per heavy atom. The van der Waals surface area contributed by atoms with Crippen molar-refractivity contribution >= 4 is 17.7 Å². The van der Waals surface area contributed by atoms with Crippen molar-refractivity contribution in [3.05, 3.63) is 6.42 Å². The van der Waals surface area contributed by atoms with Crippen LogP contribution < -0.4 is 0 Å². The first-order chi connectivity index (χ1) is 12.7. The zero-order chi connectivity index (χ0) is 19.3. The molecule has 0 unspecified atom stereocenters. The normalized spacial score (nSPS) is 11.2. The predicted molar refractivity (Wildman–Crippen MR) is 118 cm³/mol. The minimum Gasteiger partial charge on any atom is -0.469 e. The number of carbonyl (C=O) groups excluding carboxylic acids is 1. The molecular weight excluding hydrogens is 340 g/mol. The van der Waals surface area contributed by atoms with Crippen molar-refractivity contribution < 1.29 is 9.53 Å². The zero-order valence-corrected chi connectivity index (χ0v) is 18.7. The number of methoxy groups -OCH3 is 1. The van der Waals surface area contributed by atoms with E-state index in [1.807, 2.05) is 0 Å². The smallest absolute Gasteiger partial charge is 0.305 e. The van der Waals surface area contributed by atoms with Crippen molar-refractivity contribution in [2.24, 2.45) is 0 Å². The Kier molecular flexibility index (Phi) is 21.0. The SMILES string of the molecule is COC(=O)CCCCCC[CH]CCCCCCCCCCCSC(C)C. The van der Waals surface area contributed by atoms with Gasteiger partial charge in [0.2, 0.25) is 0 Å². The van der Waals surface area contributed by atoms with E-state index < -0.39 is 0 Å². The highest BCUT2D eigenvalue weighted by Crippen LogP contribution is 2.15. The number of carbonyl (C=O) groups is 1. The number of unbranched alkanes of at least 4 members (excludes halogenated alkanes) is 15. The van der Waals surface area contributed by atoms with Gasteiger partial charge in [0.15, 0.2) is 0 Å². The topological polar surface area (TPSA) is 26.3 Å². The van der Waals surface area contributed by atoms with Crippen LogP contribution in [0, 0.1) is 6.42 Å². The second kappa shape index (κ2) is 21.1. The summed E-state index contributed by atoms with van der Waals surface area (Å²) in [5.74, 6) is 1.28. The second-order valence-electron chi connectivity index (χ2n) is 7.71. The Hall–Kier alpha value is -0.180. The highest BCUT2D eigenvalue weighted by atomic mass is 32.2. The average molecular weight is 386 g/mol. The van der Waals surface area contributed by atoms with Gasteiger partial charge in [0, 0.05) is 6.42 Å². The molecule has 0 rings (SSSR count). The summed E-state index contributed by atoms with van der Waals surface area (Å²) in [6.45, 7) is 4.58. The van der Waals surface area contributed by atoms with Crippen LogP contribution in [-0.4, -0.2) is 24.1 Å².